The number of para-hydroxylation sites is 1. The van der Waals surface area contributed by atoms with Gasteiger partial charge in [-0.15, -0.1) is 11.8 Å². The van der Waals surface area contributed by atoms with Gasteiger partial charge in [0.2, 0.25) is 5.91 Å². The first-order chi connectivity index (χ1) is 24.0. The molecule has 0 radical (unpaired) electrons. The Balaban J connectivity index is 1.68. The van der Waals surface area contributed by atoms with Crippen LogP contribution in [0.5, 0.6) is 5.75 Å². The van der Waals surface area contributed by atoms with Crippen molar-refractivity contribution in [2.24, 2.45) is 5.41 Å². The van der Waals surface area contributed by atoms with E-state index in [0.29, 0.717) is 22.7 Å². The van der Waals surface area contributed by atoms with Crippen LogP contribution in [0.4, 0.5) is 11.4 Å². The van der Waals surface area contributed by atoms with Crippen LogP contribution in [0.25, 0.3) is 0 Å². The Labute approximate surface area is 300 Å². The molecular formula is C38H49N3O7S2. The smallest absolute Gasteiger partial charge is 0.326 e. The summed E-state index contributed by atoms with van der Waals surface area (Å²) >= 11 is 1.38. The number of hydrogen-bond acceptors (Lipinski definition) is 8. The summed E-state index contributed by atoms with van der Waals surface area (Å²) in [4.78, 5) is 41.1. The molecule has 0 saturated heterocycles. The number of anilines is 2. The van der Waals surface area contributed by atoms with Gasteiger partial charge in [0.05, 0.1) is 21.2 Å². The Morgan fingerprint density at radius 3 is 2.12 bits per heavy atom. The molecular weight excluding hydrogens is 675 g/mol. The summed E-state index contributed by atoms with van der Waals surface area (Å²) in [6, 6.07) is 19.4. The first-order valence-corrected chi connectivity index (χ1v) is 20.1. The Kier molecular flexibility index (Phi) is 13.8. The lowest BCUT2D eigenvalue weighted by molar-refractivity contribution is -0.142. The zero-order valence-electron chi connectivity index (χ0n) is 29.3. The monoisotopic (exact) mass is 723 g/mol. The third-order valence-corrected chi connectivity index (χ3v) is 11.9. The average molecular weight is 724 g/mol. The van der Waals surface area contributed by atoms with Crippen LogP contribution < -0.4 is 20.3 Å². The fourth-order valence-electron chi connectivity index (χ4n) is 6.46. The zero-order chi connectivity index (χ0) is 36.3. The number of aliphatic carboxylic acids is 1. The van der Waals surface area contributed by atoms with Crippen molar-refractivity contribution in [2.75, 3.05) is 30.1 Å². The maximum atomic E-state index is 14.4. The third-order valence-electron chi connectivity index (χ3n) is 9.13. The van der Waals surface area contributed by atoms with Crippen LogP contribution in [0.15, 0.2) is 82.6 Å². The molecule has 2 atom stereocenters. The molecule has 1 heterocycles. The molecule has 0 fully saturated rings. The highest BCUT2D eigenvalue weighted by Crippen LogP contribution is 2.47. The average Bonchev–Trinajstić information content (AvgIpc) is 3.21. The van der Waals surface area contributed by atoms with Crippen LogP contribution in [-0.4, -0.2) is 62.5 Å². The molecule has 1 aliphatic heterocycles. The van der Waals surface area contributed by atoms with Gasteiger partial charge in [0.25, 0.3) is 5.91 Å². The van der Waals surface area contributed by atoms with Gasteiger partial charge >= 0.3 is 5.97 Å². The van der Waals surface area contributed by atoms with Crippen molar-refractivity contribution >= 4 is 50.8 Å². The molecule has 3 aromatic rings. The van der Waals surface area contributed by atoms with E-state index in [1.165, 1.54) is 17.8 Å². The second-order valence-electron chi connectivity index (χ2n) is 12.9. The van der Waals surface area contributed by atoms with E-state index >= 15 is 0 Å². The van der Waals surface area contributed by atoms with Gasteiger partial charge in [0.15, 0.2) is 16.4 Å². The molecule has 3 aromatic carbocycles. The summed E-state index contributed by atoms with van der Waals surface area (Å²) in [6.07, 6.45) is 7.40. The molecule has 1 aliphatic rings. The largest absolute Gasteiger partial charge is 0.483 e. The molecule has 0 aliphatic carbocycles. The molecule has 0 spiro atoms. The summed E-state index contributed by atoms with van der Waals surface area (Å²) in [5, 5.41) is 14.6. The minimum absolute atomic E-state index is 0.0117. The van der Waals surface area contributed by atoms with Crippen molar-refractivity contribution in [3.8, 4) is 5.75 Å². The normalized spacial score (nSPS) is 16.0. The second kappa shape index (κ2) is 17.8. The Hall–Kier alpha value is -4.03. The van der Waals surface area contributed by atoms with Gasteiger partial charge < -0.3 is 25.4 Å². The van der Waals surface area contributed by atoms with Crippen LogP contribution in [0.3, 0.4) is 0 Å². The number of carboxylic acids is 1. The number of carboxylic acid groups (broad SMARTS) is 1. The van der Waals surface area contributed by atoms with Crippen LogP contribution in [0.2, 0.25) is 0 Å². The van der Waals surface area contributed by atoms with Gasteiger partial charge in [-0.2, -0.15) is 0 Å². The number of carbonyl (C=O) groups excluding carboxylic acids is 2. The highest BCUT2D eigenvalue weighted by molar-refractivity contribution is 7.98. The number of benzene rings is 3. The molecule has 0 saturated carbocycles. The fraction of sp³-hybridized carbons (Fsp3) is 0.447. The van der Waals surface area contributed by atoms with E-state index in [4.69, 9.17) is 4.74 Å². The van der Waals surface area contributed by atoms with Crippen LogP contribution in [0, 0.1) is 5.41 Å². The molecule has 2 amide bonds. The van der Waals surface area contributed by atoms with Gasteiger partial charge in [-0.1, -0.05) is 95.0 Å². The number of carbonyl (C=O) groups is 3. The number of rotatable bonds is 17. The molecule has 4 rings (SSSR count). The van der Waals surface area contributed by atoms with Crippen molar-refractivity contribution in [1.29, 1.82) is 0 Å². The molecule has 2 unspecified atom stereocenters. The summed E-state index contributed by atoms with van der Waals surface area (Å²) in [7, 11) is -3.79. The highest BCUT2D eigenvalue weighted by Gasteiger charge is 2.42. The van der Waals surface area contributed by atoms with Gasteiger partial charge in [-0.05, 0) is 49.3 Å². The van der Waals surface area contributed by atoms with E-state index in [2.05, 4.69) is 29.4 Å². The Morgan fingerprint density at radius 2 is 1.56 bits per heavy atom. The van der Waals surface area contributed by atoms with E-state index in [1.807, 2.05) is 42.7 Å². The lowest BCUT2D eigenvalue weighted by atomic mass is 9.79. The molecule has 270 valence electrons. The minimum atomic E-state index is -3.79. The third kappa shape index (κ3) is 9.60. The maximum Gasteiger partial charge on any atom is 0.326 e. The lowest BCUT2D eigenvalue weighted by Crippen LogP contribution is -2.47. The van der Waals surface area contributed by atoms with Crippen LogP contribution >= 0.6 is 11.8 Å². The van der Waals surface area contributed by atoms with E-state index in [-0.39, 0.29) is 22.8 Å². The maximum absolute atomic E-state index is 14.4. The first kappa shape index (κ1) is 38.8. The number of amides is 2. The first-order valence-electron chi connectivity index (χ1n) is 17.2. The summed E-state index contributed by atoms with van der Waals surface area (Å²) in [5.41, 5.74) is 1.50. The molecule has 0 aromatic heterocycles. The summed E-state index contributed by atoms with van der Waals surface area (Å²) < 4.78 is 34.8. The number of nitrogens with one attached hydrogen (secondary N) is 2. The number of unbranched alkanes of at least 4 members (excludes halogenated alkanes) is 2. The zero-order valence-corrected chi connectivity index (χ0v) is 30.9. The van der Waals surface area contributed by atoms with E-state index in [1.54, 1.807) is 37.3 Å². The van der Waals surface area contributed by atoms with E-state index < -0.39 is 51.7 Å². The van der Waals surface area contributed by atoms with Gasteiger partial charge in [-0.3, -0.25) is 9.59 Å². The molecule has 10 nitrogen and oxygen atoms in total. The number of thioether (sulfide) groups is 1. The van der Waals surface area contributed by atoms with Gasteiger partial charge in [-0.25, -0.2) is 13.2 Å². The minimum Gasteiger partial charge on any atom is -0.483 e. The van der Waals surface area contributed by atoms with Crippen LogP contribution in [0.1, 0.15) is 77.3 Å². The van der Waals surface area contributed by atoms with E-state index in [9.17, 15) is 27.9 Å². The molecule has 12 heteroatoms. The number of ether oxygens (including phenoxy) is 1. The summed E-state index contributed by atoms with van der Waals surface area (Å²) in [6.45, 7) is 5.95. The van der Waals surface area contributed by atoms with Gasteiger partial charge in [0.1, 0.15) is 17.8 Å². The van der Waals surface area contributed by atoms with Crippen molar-refractivity contribution < 1.29 is 32.6 Å². The highest BCUT2D eigenvalue weighted by atomic mass is 32.2. The van der Waals surface area contributed by atoms with Crippen molar-refractivity contribution in [3.05, 3.63) is 78.4 Å². The lowest BCUT2D eigenvalue weighted by Gasteiger charge is -2.37. The van der Waals surface area contributed by atoms with Crippen molar-refractivity contribution in [1.82, 2.24) is 10.6 Å². The molecule has 0 bridgehead atoms. The molecule has 3 N–H and O–H groups in total. The number of sulfone groups is 1. The topological polar surface area (TPSA) is 142 Å². The van der Waals surface area contributed by atoms with Crippen LogP contribution in [-0.2, 0) is 24.2 Å². The van der Waals surface area contributed by atoms with Gasteiger partial charge in [0, 0.05) is 23.7 Å². The van der Waals surface area contributed by atoms with Crippen molar-refractivity contribution in [2.45, 2.75) is 87.6 Å². The fourth-order valence-corrected chi connectivity index (χ4v) is 9.13. The quantitative estimate of drug-likeness (QED) is 0.127. The van der Waals surface area contributed by atoms with Crippen molar-refractivity contribution in [3.63, 3.8) is 0 Å². The predicted octanol–water partition coefficient (Wildman–Crippen LogP) is 6.92. The number of hydrogen-bond donors (Lipinski definition) is 3. The SMILES string of the molecule is CCCCC1(CCCC)CN(c2ccccc2)c2cc(SC)c(OCC(=O)NC(C(=O)NC(CC)C(=O)O)c3ccccc3)cc2S(=O)(=O)C1. The second-order valence-corrected chi connectivity index (χ2v) is 15.7. The van der Waals surface area contributed by atoms with E-state index in [0.717, 1.165) is 44.2 Å². The Morgan fingerprint density at radius 1 is 0.940 bits per heavy atom. The number of fused-ring (bicyclic) bond motifs is 1. The standard InChI is InChI=1S/C38H49N3O7S2/c1-5-8-20-38(21-9-6-2)25-41(28-18-14-11-15-19-28)30-22-32(49-4)31(23-33(30)50(46,47)26-38)48-24-34(42)40-35(27-16-12-10-13-17-27)36(43)39-29(7-3)37(44)45/h10-19,22-23,29,35H,5-9,20-21,24-26H2,1-4H3,(H,39,43)(H,40,42)(H,44,45). The predicted molar refractivity (Wildman–Crippen MR) is 198 cm³/mol. The number of nitrogens with zero attached hydrogens (tertiary/aromatic N) is 1. The summed E-state index contributed by atoms with van der Waals surface area (Å²) in [5.74, 6) is -2.22. The molecule has 50 heavy (non-hydrogen) atoms. The Bertz CT molecular complexity index is 1710.